The third kappa shape index (κ3) is 4.65. The minimum Gasteiger partial charge on any atom is -0.350 e. The van der Waals surface area contributed by atoms with Gasteiger partial charge < -0.3 is 5.32 Å². The number of aryl methyl sites for hydroxylation is 2. The van der Waals surface area contributed by atoms with E-state index >= 15 is 0 Å². The fourth-order valence-electron chi connectivity index (χ4n) is 2.19. The van der Waals surface area contributed by atoms with Crippen molar-refractivity contribution in [2.75, 3.05) is 0 Å². The van der Waals surface area contributed by atoms with Crippen LogP contribution in [0.1, 0.15) is 28.5 Å². The molecule has 0 bridgehead atoms. The maximum atomic E-state index is 12.5. The normalized spacial score (nSPS) is 12.8. The molecule has 0 aliphatic heterocycles. The molecule has 124 valence electrons. The van der Waals surface area contributed by atoms with Gasteiger partial charge in [-0.25, -0.2) is 8.42 Å². The molecule has 0 radical (unpaired) electrons. The van der Waals surface area contributed by atoms with Crippen molar-refractivity contribution in [3.8, 4) is 0 Å². The second-order valence-electron chi connectivity index (χ2n) is 5.68. The first-order valence-corrected chi connectivity index (χ1v) is 9.97. The first-order chi connectivity index (χ1) is 10.8. The lowest BCUT2D eigenvalue weighted by Gasteiger charge is -2.14. The van der Waals surface area contributed by atoms with Crippen LogP contribution in [0.4, 0.5) is 0 Å². The number of hydrogen-bond donors (Lipinski definition) is 1. The summed E-state index contributed by atoms with van der Waals surface area (Å²) >= 11 is 1.53. The van der Waals surface area contributed by atoms with Crippen LogP contribution in [0.3, 0.4) is 0 Å². The molecule has 0 fully saturated rings. The molecule has 1 aromatic heterocycles. The summed E-state index contributed by atoms with van der Waals surface area (Å²) < 4.78 is 25.0. The Labute approximate surface area is 141 Å². The Balaban J connectivity index is 2.05. The van der Waals surface area contributed by atoms with Gasteiger partial charge in [-0.3, -0.25) is 4.79 Å². The summed E-state index contributed by atoms with van der Waals surface area (Å²) in [5.41, 5.74) is 2.68. The van der Waals surface area contributed by atoms with Gasteiger partial charge in [-0.15, -0.1) is 11.3 Å². The van der Waals surface area contributed by atoms with Crippen molar-refractivity contribution in [2.45, 2.75) is 38.3 Å². The highest BCUT2D eigenvalue weighted by Gasteiger charge is 2.28. The van der Waals surface area contributed by atoms with Crippen molar-refractivity contribution in [1.82, 2.24) is 5.32 Å². The predicted octanol–water partition coefficient (Wildman–Crippen LogP) is 2.98. The number of amides is 1. The average molecular weight is 351 g/mol. The number of hydrogen-bond acceptors (Lipinski definition) is 4. The Bertz CT molecular complexity index is 780. The van der Waals surface area contributed by atoms with Crippen LogP contribution in [0, 0.1) is 13.8 Å². The highest BCUT2D eigenvalue weighted by atomic mass is 32.2. The van der Waals surface area contributed by atoms with Crippen LogP contribution in [-0.4, -0.2) is 19.6 Å². The first kappa shape index (κ1) is 17.7. The van der Waals surface area contributed by atoms with Crippen LogP contribution in [0.25, 0.3) is 0 Å². The molecule has 0 aliphatic rings. The van der Waals surface area contributed by atoms with Gasteiger partial charge in [0.25, 0.3) is 0 Å². The minimum absolute atomic E-state index is 0.117. The van der Waals surface area contributed by atoms with Crippen molar-refractivity contribution in [3.05, 3.63) is 57.3 Å². The molecule has 0 saturated heterocycles. The highest BCUT2D eigenvalue weighted by molar-refractivity contribution is 7.92. The first-order valence-electron chi connectivity index (χ1n) is 7.37. The van der Waals surface area contributed by atoms with E-state index in [0.29, 0.717) is 6.54 Å². The number of thiophene rings is 1. The lowest BCUT2D eigenvalue weighted by Crippen LogP contribution is -2.38. The summed E-state index contributed by atoms with van der Waals surface area (Å²) in [6, 6.07) is 9.51. The topological polar surface area (TPSA) is 63.2 Å². The fraction of sp³-hybridized carbons (Fsp3) is 0.353. The lowest BCUT2D eigenvalue weighted by molar-refractivity contribution is -0.120. The monoisotopic (exact) mass is 351 g/mol. The third-order valence-corrected chi connectivity index (χ3v) is 6.67. The summed E-state index contributed by atoms with van der Waals surface area (Å²) in [4.78, 5) is 13.1. The number of nitrogens with one attached hydrogen (secondary N) is 1. The Hall–Kier alpha value is -1.66. The second-order valence-corrected chi connectivity index (χ2v) is 9.03. The second kappa shape index (κ2) is 7.27. The van der Waals surface area contributed by atoms with Crippen LogP contribution >= 0.6 is 11.3 Å². The molecular formula is C17H21NO3S2. The zero-order chi connectivity index (χ0) is 17.0. The van der Waals surface area contributed by atoms with Gasteiger partial charge in [0.15, 0.2) is 9.84 Å². The van der Waals surface area contributed by atoms with E-state index in [0.717, 1.165) is 21.6 Å². The molecule has 6 heteroatoms. The van der Waals surface area contributed by atoms with Crippen LogP contribution in [0.5, 0.6) is 0 Å². The van der Waals surface area contributed by atoms with Gasteiger partial charge in [0.1, 0.15) is 5.25 Å². The lowest BCUT2D eigenvalue weighted by atomic mass is 10.1. The summed E-state index contributed by atoms with van der Waals surface area (Å²) in [6.07, 6.45) is 0. The molecule has 1 unspecified atom stereocenters. The van der Waals surface area contributed by atoms with Crippen molar-refractivity contribution in [3.63, 3.8) is 0 Å². The maximum Gasteiger partial charge on any atom is 0.238 e. The zero-order valence-corrected chi connectivity index (χ0v) is 15.1. The van der Waals surface area contributed by atoms with Crippen LogP contribution < -0.4 is 5.32 Å². The molecule has 1 heterocycles. The molecule has 1 N–H and O–H groups in total. The quantitative estimate of drug-likeness (QED) is 0.870. The molecule has 0 aliphatic carbocycles. The maximum absolute atomic E-state index is 12.5. The largest absolute Gasteiger partial charge is 0.350 e. The number of benzene rings is 1. The summed E-state index contributed by atoms with van der Waals surface area (Å²) in [5.74, 6) is -0.572. The van der Waals surface area contributed by atoms with Gasteiger partial charge in [-0.05, 0) is 43.3 Å². The van der Waals surface area contributed by atoms with Crippen molar-refractivity contribution >= 4 is 27.1 Å². The van der Waals surface area contributed by atoms with Crippen LogP contribution in [0.2, 0.25) is 0 Å². The predicted molar refractivity (Wildman–Crippen MR) is 94.2 cm³/mol. The molecule has 0 spiro atoms. The molecule has 23 heavy (non-hydrogen) atoms. The van der Waals surface area contributed by atoms with Gasteiger partial charge in [-0.2, -0.15) is 0 Å². The van der Waals surface area contributed by atoms with Gasteiger partial charge in [-0.1, -0.05) is 29.8 Å². The van der Waals surface area contributed by atoms with E-state index in [1.165, 1.54) is 18.3 Å². The number of carbonyl (C=O) groups is 1. The number of rotatable bonds is 6. The van der Waals surface area contributed by atoms with E-state index in [1.54, 1.807) is 0 Å². The van der Waals surface area contributed by atoms with Gasteiger partial charge in [0.05, 0.1) is 12.3 Å². The minimum atomic E-state index is -3.55. The molecule has 2 aromatic rings. The Morgan fingerprint density at radius 2 is 2.00 bits per heavy atom. The number of sulfone groups is 1. The third-order valence-electron chi connectivity index (χ3n) is 3.79. The standard InChI is InChI=1S/C17H21NO3S2/c1-12-6-7-13(2)15(9-12)11-23(20,21)14(3)17(19)18-10-16-5-4-8-22-16/h4-9,14H,10-11H2,1-3H3,(H,18,19). The smallest absolute Gasteiger partial charge is 0.238 e. The summed E-state index contributed by atoms with van der Waals surface area (Å²) in [7, 11) is -3.55. The summed E-state index contributed by atoms with van der Waals surface area (Å²) in [5, 5.41) is 3.55. The fourth-order valence-corrected chi connectivity index (χ4v) is 4.24. The molecular weight excluding hydrogens is 330 g/mol. The highest BCUT2D eigenvalue weighted by Crippen LogP contribution is 2.17. The van der Waals surface area contributed by atoms with Gasteiger partial charge in [0.2, 0.25) is 5.91 Å². The average Bonchev–Trinajstić information content (AvgIpc) is 3.01. The van der Waals surface area contributed by atoms with Gasteiger partial charge in [0, 0.05) is 4.88 Å². The molecule has 1 atom stereocenters. The van der Waals surface area contributed by atoms with E-state index in [9.17, 15) is 13.2 Å². The Kier molecular flexibility index (Phi) is 5.59. The summed E-state index contributed by atoms with van der Waals surface area (Å²) in [6.45, 7) is 5.61. The number of carbonyl (C=O) groups excluding carboxylic acids is 1. The molecule has 1 amide bonds. The van der Waals surface area contributed by atoms with Crippen molar-refractivity contribution in [2.24, 2.45) is 0 Å². The van der Waals surface area contributed by atoms with E-state index in [4.69, 9.17) is 0 Å². The molecule has 2 rings (SSSR count). The van der Waals surface area contributed by atoms with E-state index < -0.39 is 21.0 Å². The molecule has 1 aromatic carbocycles. The Morgan fingerprint density at radius 3 is 2.65 bits per heavy atom. The van der Waals surface area contributed by atoms with Crippen LogP contribution in [0.15, 0.2) is 35.7 Å². The SMILES string of the molecule is Cc1ccc(C)c(CS(=O)(=O)C(C)C(=O)NCc2cccs2)c1. The molecule has 0 saturated carbocycles. The molecule has 4 nitrogen and oxygen atoms in total. The van der Waals surface area contributed by atoms with Crippen LogP contribution in [-0.2, 0) is 26.9 Å². The van der Waals surface area contributed by atoms with Gasteiger partial charge >= 0.3 is 0 Å². The van der Waals surface area contributed by atoms with Crippen molar-refractivity contribution < 1.29 is 13.2 Å². The van der Waals surface area contributed by atoms with E-state index in [-0.39, 0.29) is 5.75 Å². The van der Waals surface area contributed by atoms with E-state index in [2.05, 4.69) is 5.32 Å². The zero-order valence-electron chi connectivity index (χ0n) is 13.5. The Morgan fingerprint density at radius 1 is 1.26 bits per heavy atom. The van der Waals surface area contributed by atoms with Crippen molar-refractivity contribution in [1.29, 1.82) is 0 Å². The van der Waals surface area contributed by atoms with E-state index in [1.807, 2.05) is 49.6 Å².